The van der Waals surface area contributed by atoms with Crippen molar-refractivity contribution in [2.24, 2.45) is 5.41 Å². The summed E-state index contributed by atoms with van der Waals surface area (Å²) in [6, 6.07) is 12.3. The molecule has 3 heterocycles. The Morgan fingerprint density at radius 2 is 1.71 bits per heavy atom. The number of likely N-dealkylation sites (tertiary alicyclic amines) is 1. The Labute approximate surface area is 221 Å². The Bertz CT molecular complexity index is 1120. The summed E-state index contributed by atoms with van der Waals surface area (Å²) >= 11 is 0. The minimum atomic E-state index is -1.29. The smallest absolute Gasteiger partial charge is 0.294 e. The molecule has 0 saturated carbocycles. The number of nitro groups is 1. The van der Waals surface area contributed by atoms with E-state index in [2.05, 4.69) is 10.2 Å². The fourth-order valence-corrected chi connectivity index (χ4v) is 5.69. The van der Waals surface area contributed by atoms with Crippen molar-refractivity contribution < 1.29 is 30.1 Å². The van der Waals surface area contributed by atoms with Crippen LogP contribution in [-0.2, 0) is 17.8 Å². The van der Waals surface area contributed by atoms with Crippen LogP contribution in [0.4, 0.5) is 17.1 Å². The number of nitrogens with one attached hydrogen (secondary N) is 1. The number of rotatable bonds is 8. The zero-order chi connectivity index (χ0) is 26.9. The zero-order valence-corrected chi connectivity index (χ0v) is 21.3. The summed E-state index contributed by atoms with van der Waals surface area (Å²) in [4.78, 5) is 15.4. The van der Waals surface area contributed by atoms with Gasteiger partial charge in [0.1, 0.15) is 17.9 Å². The number of nitro benzene ring substituents is 1. The lowest BCUT2D eigenvalue weighted by Gasteiger charge is -2.47. The van der Waals surface area contributed by atoms with Crippen molar-refractivity contribution >= 4 is 17.1 Å². The minimum absolute atomic E-state index is 0.0471. The van der Waals surface area contributed by atoms with Gasteiger partial charge in [-0.3, -0.25) is 15.0 Å². The molecule has 3 saturated heterocycles. The van der Waals surface area contributed by atoms with Crippen molar-refractivity contribution in [3.8, 4) is 0 Å². The van der Waals surface area contributed by atoms with Crippen molar-refractivity contribution in [3.05, 3.63) is 63.7 Å². The Morgan fingerprint density at radius 3 is 2.32 bits per heavy atom. The number of aliphatic hydroxyl groups excluding tert-OH is 4. The van der Waals surface area contributed by atoms with Gasteiger partial charge in [-0.2, -0.15) is 0 Å². The maximum atomic E-state index is 11.8. The lowest BCUT2D eigenvalue weighted by atomic mass is 9.77. The van der Waals surface area contributed by atoms with Gasteiger partial charge in [0.25, 0.3) is 5.69 Å². The van der Waals surface area contributed by atoms with Gasteiger partial charge in [-0.05, 0) is 36.1 Å². The lowest BCUT2D eigenvalue weighted by molar-refractivity contribution is -0.383. The van der Waals surface area contributed by atoms with Crippen LogP contribution in [-0.4, -0.2) is 94.1 Å². The van der Waals surface area contributed by atoms with Gasteiger partial charge >= 0.3 is 0 Å². The minimum Gasteiger partial charge on any atom is -0.395 e. The summed E-state index contributed by atoms with van der Waals surface area (Å²) in [6.45, 7) is 3.97. The van der Waals surface area contributed by atoms with Gasteiger partial charge in [0.15, 0.2) is 0 Å². The van der Waals surface area contributed by atoms with Crippen LogP contribution in [0.1, 0.15) is 24.0 Å². The van der Waals surface area contributed by atoms with E-state index in [1.54, 1.807) is 17.0 Å². The molecule has 0 unspecified atom stereocenters. The van der Waals surface area contributed by atoms with Crippen LogP contribution < -0.4 is 10.2 Å². The van der Waals surface area contributed by atoms with E-state index in [1.165, 1.54) is 0 Å². The third kappa shape index (κ3) is 5.49. The van der Waals surface area contributed by atoms with E-state index in [1.807, 2.05) is 30.3 Å². The normalized spacial score (nSPS) is 27.2. The molecule has 3 fully saturated rings. The summed E-state index contributed by atoms with van der Waals surface area (Å²) in [7, 11) is 0. The first-order valence-corrected chi connectivity index (χ1v) is 13.1. The Hall–Kier alpha value is -2.80. The van der Waals surface area contributed by atoms with E-state index < -0.39 is 24.4 Å². The second kappa shape index (κ2) is 11.1. The molecule has 0 aliphatic carbocycles. The molecule has 0 bridgehead atoms. The van der Waals surface area contributed by atoms with E-state index in [-0.39, 0.29) is 23.8 Å². The van der Waals surface area contributed by atoms with E-state index in [0.29, 0.717) is 24.2 Å². The number of ether oxygens (including phenoxy) is 1. The molecule has 0 radical (unpaired) electrons. The standard InChI is InChI=1S/C27H36N4O7/c32-15-23-25(34)26(35)24(33)14-30(23)13-19-3-1-18(2-4-19)12-28-21-6-5-20(11-22(21)31(36)37)29-9-7-27(8-10-29)16-38-17-27/h1-6,11,23-26,28,32-35H,7-10,12-17H2/t23-,24+,25-,26-/m1/s1. The van der Waals surface area contributed by atoms with Crippen LogP contribution in [0.5, 0.6) is 0 Å². The van der Waals surface area contributed by atoms with Crippen molar-refractivity contribution in [3.63, 3.8) is 0 Å². The highest BCUT2D eigenvalue weighted by molar-refractivity contribution is 5.68. The monoisotopic (exact) mass is 528 g/mol. The van der Waals surface area contributed by atoms with Gasteiger partial charge in [-0.15, -0.1) is 0 Å². The van der Waals surface area contributed by atoms with Crippen LogP contribution in [0.2, 0.25) is 0 Å². The molecule has 1 spiro atoms. The van der Waals surface area contributed by atoms with Gasteiger partial charge in [-0.25, -0.2) is 0 Å². The Morgan fingerprint density at radius 1 is 1.03 bits per heavy atom. The van der Waals surface area contributed by atoms with Crippen LogP contribution in [0.3, 0.4) is 0 Å². The average Bonchev–Trinajstić information content (AvgIpc) is 2.90. The van der Waals surface area contributed by atoms with Gasteiger partial charge < -0.3 is 35.4 Å². The molecule has 4 atom stereocenters. The van der Waals surface area contributed by atoms with Crippen LogP contribution in [0.25, 0.3) is 0 Å². The summed E-state index contributed by atoms with van der Waals surface area (Å²) < 4.78 is 5.39. The van der Waals surface area contributed by atoms with Gasteiger partial charge in [0.2, 0.25) is 0 Å². The number of benzene rings is 2. The Balaban J connectivity index is 1.19. The third-order valence-electron chi connectivity index (χ3n) is 8.29. The van der Waals surface area contributed by atoms with Crippen LogP contribution >= 0.6 is 0 Å². The lowest BCUT2D eigenvalue weighted by Crippen LogP contribution is -2.62. The first-order valence-electron chi connectivity index (χ1n) is 13.1. The molecule has 0 amide bonds. The molecule has 3 aliphatic heterocycles. The van der Waals surface area contributed by atoms with Crippen LogP contribution in [0, 0.1) is 15.5 Å². The van der Waals surface area contributed by atoms with Crippen molar-refractivity contribution in [1.29, 1.82) is 0 Å². The quantitative estimate of drug-likeness (QED) is 0.249. The number of anilines is 2. The highest BCUT2D eigenvalue weighted by Crippen LogP contribution is 2.40. The topological polar surface area (TPSA) is 152 Å². The Kier molecular flexibility index (Phi) is 7.85. The van der Waals surface area contributed by atoms with E-state index >= 15 is 0 Å². The second-order valence-corrected chi connectivity index (χ2v) is 10.8. The molecule has 206 valence electrons. The number of hydrogen-bond acceptors (Lipinski definition) is 10. The predicted octanol–water partition coefficient (Wildman–Crippen LogP) is 1.08. The molecular formula is C27H36N4O7. The second-order valence-electron chi connectivity index (χ2n) is 10.8. The largest absolute Gasteiger partial charge is 0.395 e. The first-order chi connectivity index (χ1) is 18.3. The molecular weight excluding hydrogens is 492 g/mol. The number of β-amino-alcohol motifs (C(OH)–C–C–N with tert-alkyl or cyclic N) is 1. The summed E-state index contributed by atoms with van der Waals surface area (Å²) in [5.74, 6) is 0. The van der Waals surface area contributed by atoms with E-state index in [4.69, 9.17) is 4.74 Å². The number of aliphatic hydroxyl groups is 4. The number of nitrogens with zero attached hydrogens (tertiary/aromatic N) is 3. The maximum Gasteiger partial charge on any atom is 0.294 e. The molecule has 2 aromatic carbocycles. The summed E-state index contributed by atoms with van der Waals surface area (Å²) in [5.41, 5.74) is 3.52. The first kappa shape index (κ1) is 26.8. The van der Waals surface area contributed by atoms with Gasteiger partial charge in [-0.1, -0.05) is 24.3 Å². The molecule has 5 N–H and O–H groups in total. The molecule has 38 heavy (non-hydrogen) atoms. The van der Waals surface area contributed by atoms with Crippen molar-refractivity contribution in [2.45, 2.75) is 50.3 Å². The molecule has 11 heteroatoms. The zero-order valence-electron chi connectivity index (χ0n) is 21.3. The highest BCUT2D eigenvalue weighted by Gasteiger charge is 2.42. The average molecular weight is 529 g/mol. The van der Waals surface area contributed by atoms with Crippen molar-refractivity contribution in [1.82, 2.24) is 4.90 Å². The molecule has 11 nitrogen and oxygen atoms in total. The SMILES string of the molecule is O=[N+]([O-])c1cc(N2CCC3(CC2)COC3)ccc1NCc1ccc(CN2C[C@H](O)[C@@H](O)[C@H](O)[C@H]2CO)cc1. The molecule has 3 aliphatic rings. The van der Waals surface area contributed by atoms with E-state index in [9.17, 15) is 30.5 Å². The van der Waals surface area contributed by atoms with Crippen molar-refractivity contribution in [2.75, 3.05) is 49.7 Å². The fourth-order valence-electron chi connectivity index (χ4n) is 5.69. The number of piperidine rings is 2. The highest BCUT2D eigenvalue weighted by atomic mass is 16.6. The fraction of sp³-hybridized carbons (Fsp3) is 0.556. The predicted molar refractivity (Wildman–Crippen MR) is 141 cm³/mol. The maximum absolute atomic E-state index is 11.8. The van der Waals surface area contributed by atoms with Gasteiger partial charge in [0, 0.05) is 49.9 Å². The summed E-state index contributed by atoms with van der Waals surface area (Å²) in [6.07, 6.45) is -1.54. The number of hydrogen-bond donors (Lipinski definition) is 5. The molecule has 0 aromatic heterocycles. The third-order valence-corrected chi connectivity index (χ3v) is 8.29. The molecule has 2 aromatic rings. The van der Waals surface area contributed by atoms with Crippen LogP contribution in [0.15, 0.2) is 42.5 Å². The molecule has 5 rings (SSSR count). The van der Waals surface area contributed by atoms with Gasteiger partial charge in [0.05, 0.1) is 36.9 Å². The van der Waals surface area contributed by atoms with E-state index in [0.717, 1.165) is 56.0 Å². The summed E-state index contributed by atoms with van der Waals surface area (Å²) in [5, 5.41) is 54.8.